The van der Waals surface area contributed by atoms with Crippen LogP contribution in [0.4, 0.5) is 5.95 Å². The van der Waals surface area contributed by atoms with Crippen LogP contribution in [0.2, 0.25) is 0 Å². The summed E-state index contributed by atoms with van der Waals surface area (Å²) in [6, 6.07) is 19.2. The second-order valence-corrected chi connectivity index (χ2v) is 6.95. The smallest absolute Gasteiger partial charge is 0.252 e. The molecule has 8 heteroatoms. The molecule has 0 unspecified atom stereocenters. The molecule has 0 radical (unpaired) electrons. The summed E-state index contributed by atoms with van der Waals surface area (Å²) in [6.07, 6.45) is 3.60. The second-order valence-electron chi connectivity index (χ2n) is 6.95. The second kappa shape index (κ2) is 9.08. The maximum Gasteiger partial charge on any atom is 0.252 e. The van der Waals surface area contributed by atoms with Crippen LogP contribution in [0.5, 0.6) is 5.75 Å². The third-order valence-electron chi connectivity index (χ3n) is 4.58. The highest BCUT2D eigenvalue weighted by Gasteiger charge is 2.11. The summed E-state index contributed by atoms with van der Waals surface area (Å²) in [5.74, 6) is 1.06. The van der Waals surface area contributed by atoms with Crippen molar-refractivity contribution >= 4 is 12.2 Å². The number of H-pyrrole nitrogens is 1. The Morgan fingerprint density at radius 1 is 1.16 bits per heavy atom. The molecule has 0 aliphatic rings. The van der Waals surface area contributed by atoms with E-state index in [2.05, 4.69) is 32.6 Å². The van der Waals surface area contributed by atoms with Crippen molar-refractivity contribution in [2.75, 3.05) is 12.5 Å². The van der Waals surface area contributed by atoms with Gasteiger partial charge in [0, 0.05) is 29.1 Å². The number of aryl methyl sites for hydroxylation is 1. The number of benzene rings is 2. The molecule has 2 aromatic heterocycles. The summed E-state index contributed by atoms with van der Waals surface area (Å²) in [7, 11) is 1.64. The van der Waals surface area contributed by atoms with Crippen LogP contribution in [0.3, 0.4) is 0 Å². The first kappa shape index (κ1) is 20.1. The monoisotopic (exact) mass is 414 g/mol. The normalized spacial score (nSPS) is 11.0. The van der Waals surface area contributed by atoms with Gasteiger partial charge < -0.3 is 4.74 Å². The van der Waals surface area contributed by atoms with Crippen molar-refractivity contribution in [3.05, 3.63) is 94.0 Å². The van der Waals surface area contributed by atoms with Crippen LogP contribution in [0, 0.1) is 6.92 Å². The molecule has 4 rings (SSSR count). The standard InChI is InChI=1S/C23H22N6O2/c1-16-12-21(30)26-23(25-16)27-24-13-19-15-29(14-17-6-4-3-5-7-17)28-22(19)18-8-10-20(31-2)11-9-18/h3-13,15H,14H2,1-2H3,(H2,25,26,27,30)/b24-13-. The van der Waals surface area contributed by atoms with E-state index in [1.54, 1.807) is 20.2 Å². The quantitative estimate of drug-likeness (QED) is 0.357. The van der Waals surface area contributed by atoms with Crippen LogP contribution in [-0.4, -0.2) is 33.1 Å². The first-order chi connectivity index (χ1) is 15.1. The summed E-state index contributed by atoms with van der Waals surface area (Å²) in [5.41, 5.74) is 6.85. The van der Waals surface area contributed by atoms with E-state index >= 15 is 0 Å². The fraction of sp³-hybridized carbons (Fsp3) is 0.130. The Bertz CT molecular complexity index is 1240. The van der Waals surface area contributed by atoms with E-state index in [-0.39, 0.29) is 11.5 Å². The predicted octanol–water partition coefficient (Wildman–Crippen LogP) is 3.44. The lowest BCUT2D eigenvalue weighted by atomic mass is 10.1. The number of nitrogens with one attached hydrogen (secondary N) is 2. The van der Waals surface area contributed by atoms with Crippen LogP contribution in [-0.2, 0) is 6.54 Å². The van der Waals surface area contributed by atoms with Gasteiger partial charge in [-0.05, 0) is 36.8 Å². The number of nitrogens with zero attached hydrogens (tertiary/aromatic N) is 4. The average molecular weight is 414 g/mol. The molecule has 156 valence electrons. The SMILES string of the molecule is COc1ccc(-c2nn(Cc3ccccc3)cc2/C=N\Nc2nc(C)cc(=O)[nH]2)cc1. The van der Waals surface area contributed by atoms with Gasteiger partial charge in [0.05, 0.1) is 19.9 Å². The zero-order chi connectivity index (χ0) is 21.6. The van der Waals surface area contributed by atoms with Gasteiger partial charge >= 0.3 is 0 Å². The zero-order valence-corrected chi connectivity index (χ0v) is 17.2. The lowest BCUT2D eigenvalue weighted by Gasteiger charge is -2.03. The maximum absolute atomic E-state index is 11.6. The van der Waals surface area contributed by atoms with E-state index in [0.29, 0.717) is 12.2 Å². The molecular formula is C23H22N6O2. The average Bonchev–Trinajstić information content (AvgIpc) is 3.16. The highest BCUT2D eigenvalue weighted by atomic mass is 16.5. The van der Waals surface area contributed by atoms with Gasteiger partial charge in [0.15, 0.2) is 0 Å². The molecule has 0 fully saturated rings. The molecule has 0 aliphatic heterocycles. The van der Waals surface area contributed by atoms with Gasteiger partial charge in [-0.15, -0.1) is 0 Å². The largest absolute Gasteiger partial charge is 0.497 e. The van der Waals surface area contributed by atoms with E-state index in [9.17, 15) is 4.79 Å². The van der Waals surface area contributed by atoms with E-state index < -0.39 is 0 Å². The first-order valence-electron chi connectivity index (χ1n) is 9.73. The summed E-state index contributed by atoms with van der Waals surface area (Å²) in [5, 5.41) is 9.02. The summed E-state index contributed by atoms with van der Waals surface area (Å²) >= 11 is 0. The molecule has 0 amide bonds. The van der Waals surface area contributed by atoms with Crippen molar-refractivity contribution < 1.29 is 4.74 Å². The number of hydrogen-bond donors (Lipinski definition) is 2. The Kier molecular flexibility index (Phi) is 5.89. The molecule has 0 atom stereocenters. The van der Waals surface area contributed by atoms with Crippen LogP contribution in [0.15, 0.2) is 76.8 Å². The number of anilines is 1. The molecular weight excluding hydrogens is 392 g/mol. The van der Waals surface area contributed by atoms with E-state index in [1.165, 1.54) is 6.07 Å². The topological polar surface area (TPSA) is 97.2 Å². The van der Waals surface area contributed by atoms with Gasteiger partial charge in [0.1, 0.15) is 11.4 Å². The minimum atomic E-state index is -0.236. The lowest BCUT2D eigenvalue weighted by Crippen LogP contribution is -2.10. The lowest BCUT2D eigenvalue weighted by molar-refractivity contribution is 0.415. The van der Waals surface area contributed by atoms with Gasteiger partial charge in [-0.1, -0.05) is 30.3 Å². The van der Waals surface area contributed by atoms with Crippen molar-refractivity contribution in [3.8, 4) is 17.0 Å². The predicted molar refractivity (Wildman–Crippen MR) is 121 cm³/mol. The Hall–Kier alpha value is -4.20. The number of ether oxygens (including phenoxy) is 1. The number of hydrogen-bond acceptors (Lipinski definition) is 6. The minimum Gasteiger partial charge on any atom is -0.497 e. The molecule has 8 nitrogen and oxygen atoms in total. The maximum atomic E-state index is 11.6. The van der Waals surface area contributed by atoms with E-state index in [1.807, 2.05) is 53.3 Å². The van der Waals surface area contributed by atoms with Crippen LogP contribution in [0.1, 0.15) is 16.8 Å². The fourth-order valence-corrected chi connectivity index (χ4v) is 3.15. The van der Waals surface area contributed by atoms with Gasteiger partial charge in [-0.25, -0.2) is 10.4 Å². The number of rotatable bonds is 7. The van der Waals surface area contributed by atoms with E-state index in [0.717, 1.165) is 28.1 Å². The zero-order valence-electron chi connectivity index (χ0n) is 17.2. The molecule has 0 saturated heterocycles. The number of hydrazone groups is 1. The highest BCUT2D eigenvalue weighted by molar-refractivity contribution is 5.88. The van der Waals surface area contributed by atoms with Crippen LogP contribution >= 0.6 is 0 Å². The Labute approximate surface area is 179 Å². The molecule has 4 aromatic rings. The molecule has 0 spiro atoms. The Morgan fingerprint density at radius 2 is 1.94 bits per heavy atom. The van der Waals surface area contributed by atoms with Crippen LogP contribution < -0.4 is 15.7 Å². The summed E-state index contributed by atoms with van der Waals surface area (Å²) in [6.45, 7) is 2.39. The van der Waals surface area contributed by atoms with Crippen molar-refractivity contribution in [2.45, 2.75) is 13.5 Å². The van der Waals surface area contributed by atoms with Gasteiger partial charge in [0.25, 0.3) is 5.56 Å². The molecule has 2 N–H and O–H groups in total. The van der Waals surface area contributed by atoms with Gasteiger partial charge in [0.2, 0.25) is 5.95 Å². The molecule has 0 saturated carbocycles. The van der Waals surface area contributed by atoms with Crippen molar-refractivity contribution in [1.29, 1.82) is 0 Å². The molecule has 31 heavy (non-hydrogen) atoms. The summed E-state index contributed by atoms with van der Waals surface area (Å²) in [4.78, 5) is 18.4. The van der Waals surface area contributed by atoms with Crippen molar-refractivity contribution in [3.63, 3.8) is 0 Å². The number of methoxy groups -OCH3 is 1. The molecule has 0 bridgehead atoms. The third kappa shape index (κ3) is 5.05. The fourth-order valence-electron chi connectivity index (χ4n) is 3.15. The summed E-state index contributed by atoms with van der Waals surface area (Å²) < 4.78 is 7.13. The Morgan fingerprint density at radius 3 is 2.65 bits per heavy atom. The molecule has 2 aromatic carbocycles. The molecule has 2 heterocycles. The molecule has 0 aliphatic carbocycles. The Balaban J connectivity index is 1.64. The van der Waals surface area contributed by atoms with Gasteiger partial charge in [-0.2, -0.15) is 10.2 Å². The third-order valence-corrected chi connectivity index (χ3v) is 4.58. The minimum absolute atomic E-state index is 0.236. The first-order valence-corrected chi connectivity index (χ1v) is 9.73. The number of aromatic amines is 1. The highest BCUT2D eigenvalue weighted by Crippen LogP contribution is 2.24. The van der Waals surface area contributed by atoms with Gasteiger partial charge in [-0.3, -0.25) is 14.5 Å². The number of aromatic nitrogens is 4. The van der Waals surface area contributed by atoms with Crippen molar-refractivity contribution in [1.82, 2.24) is 19.7 Å². The van der Waals surface area contributed by atoms with Crippen molar-refractivity contribution in [2.24, 2.45) is 5.10 Å². The van der Waals surface area contributed by atoms with Crippen LogP contribution in [0.25, 0.3) is 11.3 Å². The van der Waals surface area contributed by atoms with E-state index in [4.69, 9.17) is 9.84 Å².